The molecule has 0 radical (unpaired) electrons. The summed E-state index contributed by atoms with van der Waals surface area (Å²) < 4.78 is 12.6. The second kappa shape index (κ2) is 10.3. The van der Waals surface area contributed by atoms with Gasteiger partial charge < -0.3 is 9.47 Å². The summed E-state index contributed by atoms with van der Waals surface area (Å²) in [6.45, 7) is 4.82. The first-order valence-electron chi connectivity index (χ1n) is 11.5. The number of hydrogen-bond donors (Lipinski definition) is 1. The summed E-state index contributed by atoms with van der Waals surface area (Å²) in [6, 6.07) is 9.99. The van der Waals surface area contributed by atoms with E-state index in [1.807, 2.05) is 19.1 Å². The fourth-order valence-electron chi connectivity index (χ4n) is 5.03. The summed E-state index contributed by atoms with van der Waals surface area (Å²) in [4.78, 5) is 23.0. The highest BCUT2D eigenvalue weighted by Gasteiger charge is 2.64. The van der Waals surface area contributed by atoms with Gasteiger partial charge in [0.25, 0.3) is 5.69 Å². The standard InChI is InChI=1S/C25H28IN3O5/c1-3-33-21-13-17(14-27-28-24(30)22-19-6-4-5-11-25(19,22)2)12-20(26)23(21)34-15-16-7-9-18(10-8-16)29(31)32/h7-10,12-14,19,22H,3-6,11,15H2,1-2H3,(H,28,30)/b27-14-/t19-,22-,25-/m0/s1. The number of hydrogen-bond acceptors (Lipinski definition) is 6. The normalized spacial score (nSPS) is 23.3. The van der Waals surface area contributed by atoms with Gasteiger partial charge in [0.1, 0.15) is 6.61 Å². The van der Waals surface area contributed by atoms with Crippen LogP contribution >= 0.6 is 22.6 Å². The van der Waals surface area contributed by atoms with Crippen LogP contribution in [0.25, 0.3) is 0 Å². The predicted octanol–water partition coefficient (Wildman–Crippen LogP) is 5.45. The molecule has 0 aromatic heterocycles. The molecular formula is C25H28IN3O5. The quantitative estimate of drug-likeness (QED) is 0.185. The number of hydrazone groups is 1. The topological polar surface area (TPSA) is 103 Å². The second-order valence-electron chi connectivity index (χ2n) is 9.05. The molecule has 0 saturated heterocycles. The maximum absolute atomic E-state index is 12.6. The van der Waals surface area contributed by atoms with Gasteiger partial charge in [-0.15, -0.1) is 0 Å². The Kier molecular flexibility index (Phi) is 7.39. The molecule has 2 aliphatic carbocycles. The number of rotatable bonds is 9. The first kappa shape index (κ1) is 24.4. The molecule has 180 valence electrons. The Labute approximate surface area is 212 Å². The van der Waals surface area contributed by atoms with Gasteiger partial charge in [-0.1, -0.05) is 19.8 Å². The van der Waals surface area contributed by atoms with Crippen LogP contribution in [0.15, 0.2) is 41.5 Å². The van der Waals surface area contributed by atoms with Crippen LogP contribution in [0.5, 0.6) is 11.5 Å². The van der Waals surface area contributed by atoms with E-state index in [0.29, 0.717) is 24.0 Å². The molecule has 0 aliphatic heterocycles. The summed E-state index contributed by atoms with van der Waals surface area (Å²) in [5.41, 5.74) is 4.52. The van der Waals surface area contributed by atoms with E-state index < -0.39 is 4.92 Å². The zero-order valence-electron chi connectivity index (χ0n) is 19.3. The number of carbonyl (C=O) groups is 1. The molecular weight excluding hydrogens is 549 g/mol. The second-order valence-corrected chi connectivity index (χ2v) is 10.2. The van der Waals surface area contributed by atoms with Gasteiger partial charge in [-0.2, -0.15) is 5.10 Å². The van der Waals surface area contributed by atoms with Crippen molar-refractivity contribution in [1.82, 2.24) is 5.43 Å². The van der Waals surface area contributed by atoms with Gasteiger partial charge in [-0.3, -0.25) is 14.9 Å². The van der Waals surface area contributed by atoms with Crippen molar-refractivity contribution < 1.29 is 19.2 Å². The Bertz CT molecular complexity index is 1100. The molecule has 2 aromatic carbocycles. The highest BCUT2D eigenvalue weighted by Crippen LogP contribution is 2.66. The van der Waals surface area contributed by atoms with Crippen LogP contribution in [0.1, 0.15) is 50.7 Å². The number of amides is 1. The molecule has 2 aliphatic rings. The molecule has 1 N–H and O–H groups in total. The van der Waals surface area contributed by atoms with Crippen molar-refractivity contribution in [2.45, 2.75) is 46.1 Å². The number of carbonyl (C=O) groups excluding carboxylic acids is 1. The monoisotopic (exact) mass is 577 g/mol. The number of nitro groups is 1. The third-order valence-corrected chi connectivity index (χ3v) is 7.67. The number of non-ortho nitro benzene ring substituents is 1. The molecule has 0 bridgehead atoms. The molecule has 1 amide bonds. The van der Waals surface area contributed by atoms with Gasteiger partial charge in [-0.05, 0) is 89.1 Å². The third kappa shape index (κ3) is 5.18. The summed E-state index contributed by atoms with van der Waals surface area (Å²) in [6.07, 6.45) is 6.30. The SMILES string of the molecule is CCOc1cc(/C=N\NC(=O)[C@@H]2[C@@H]3CCCC[C@]23C)cc(I)c1OCc1ccc([N+](=O)[O-])cc1. The van der Waals surface area contributed by atoms with Gasteiger partial charge in [0.15, 0.2) is 11.5 Å². The molecule has 2 saturated carbocycles. The van der Waals surface area contributed by atoms with Gasteiger partial charge in [-0.25, -0.2) is 5.43 Å². The van der Waals surface area contributed by atoms with Gasteiger partial charge in [0.05, 0.1) is 21.3 Å². The van der Waals surface area contributed by atoms with Crippen molar-refractivity contribution in [1.29, 1.82) is 0 Å². The van der Waals surface area contributed by atoms with Gasteiger partial charge in [0, 0.05) is 18.1 Å². The number of fused-ring (bicyclic) bond motifs is 1. The molecule has 0 unspecified atom stereocenters. The number of ether oxygens (including phenoxy) is 2. The van der Waals surface area contributed by atoms with E-state index in [0.717, 1.165) is 27.5 Å². The summed E-state index contributed by atoms with van der Waals surface area (Å²) in [5, 5.41) is 15.0. The summed E-state index contributed by atoms with van der Waals surface area (Å²) in [5.74, 6) is 1.74. The van der Waals surface area contributed by atoms with Crippen LogP contribution in [-0.4, -0.2) is 23.7 Å². The van der Waals surface area contributed by atoms with E-state index in [1.54, 1.807) is 18.3 Å². The summed E-state index contributed by atoms with van der Waals surface area (Å²) >= 11 is 2.17. The van der Waals surface area contributed by atoms with Crippen molar-refractivity contribution in [3.05, 3.63) is 61.2 Å². The van der Waals surface area contributed by atoms with Crippen molar-refractivity contribution in [2.24, 2.45) is 22.4 Å². The molecule has 34 heavy (non-hydrogen) atoms. The van der Waals surface area contributed by atoms with E-state index in [2.05, 4.69) is 40.0 Å². The van der Waals surface area contributed by atoms with E-state index >= 15 is 0 Å². The lowest BCUT2D eigenvalue weighted by Gasteiger charge is -2.15. The van der Waals surface area contributed by atoms with Crippen LogP contribution in [0.2, 0.25) is 0 Å². The van der Waals surface area contributed by atoms with Crippen LogP contribution in [0.4, 0.5) is 5.69 Å². The predicted molar refractivity (Wildman–Crippen MR) is 137 cm³/mol. The van der Waals surface area contributed by atoms with Crippen LogP contribution in [-0.2, 0) is 11.4 Å². The zero-order chi connectivity index (χ0) is 24.3. The van der Waals surface area contributed by atoms with E-state index in [9.17, 15) is 14.9 Å². The maximum Gasteiger partial charge on any atom is 0.269 e. The fraction of sp³-hybridized carbons (Fsp3) is 0.440. The molecule has 2 fully saturated rings. The van der Waals surface area contributed by atoms with Crippen molar-refractivity contribution in [2.75, 3.05) is 6.61 Å². The molecule has 9 heteroatoms. The lowest BCUT2D eigenvalue weighted by Crippen LogP contribution is -2.22. The van der Waals surface area contributed by atoms with E-state index in [1.165, 1.54) is 25.0 Å². The minimum Gasteiger partial charge on any atom is -0.490 e. The van der Waals surface area contributed by atoms with Crippen molar-refractivity contribution in [3.63, 3.8) is 0 Å². The number of halogens is 1. The Balaban J connectivity index is 1.41. The average molecular weight is 577 g/mol. The third-order valence-electron chi connectivity index (χ3n) is 6.86. The van der Waals surface area contributed by atoms with Crippen LogP contribution < -0.4 is 14.9 Å². The molecule has 0 heterocycles. The Morgan fingerprint density at radius 1 is 1.29 bits per heavy atom. The van der Waals surface area contributed by atoms with Crippen LogP contribution in [0, 0.1) is 30.9 Å². The van der Waals surface area contributed by atoms with Crippen molar-refractivity contribution >= 4 is 40.4 Å². The molecule has 4 rings (SSSR count). The first-order valence-corrected chi connectivity index (χ1v) is 12.6. The largest absolute Gasteiger partial charge is 0.490 e. The zero-order valence-corrected chi connectivity index (χ0v) is 21.4. The first-order chi connectivity index (χ1) is 16.3. The molecule has 8 nitrogen and oxygen atoms in total. The van der Waals surface area contributed by atoms with Gasteiger partial charge in [0.2, 0.25) is 5.91 Å². The molecule has 2 aromatic rings. The van der Waals surface area contributed by atoms with Gasteiger partial charge >= 0.3 is 0 Å². The smallest absolute Gasteiger partial charge is 0.269 e. The number of nitrogens with one attached hydrogen (secondary N) is 1. The van der Waals surface area contributed by atoms with E-state index in [-0.39, 0.29) is 29.5 Å². The maximum atomic E-state index is 12.6. The lowest BCUT2D eigenvalue weighted by atomic mass is 9.90. The summed E-state index contributed by atoms with van der Waals surface area (Å²) in [7, 11) is 0. The molecule has 3 atom stereocenters. The minimum atomic E-state index is -0.429. The molecule has 0 spiro atoms. The minimum absolute atomic E-state index is 0.00781. The average Bonchev–Trinajstić information content (AvgIpc) is 3.44. The number of benzene rings is 2. The Morgan fingerprint density at radius 3 is 2.71 bits per heavy atom. The highest BCUT2D eigenvalue weighted by atomic mass is 127. The highest BCUT2D eigenvalue weighted by molar-refractivity contribution is 14.1. The van der Waals surface area contributed by atoms with Crippen LogP contribution in [0.3, 0.4) is 0 Å². The Hall–Kier alpha value is -2.69. The van der Waals surface area contributed by atoms with Crippen molar-refractivity contribution in [3.8, 4) is 11.5 Å². The number of nitro benzene ring substituents is 1. The lowest BCUT2D eigenvalue weighted by molar-refractivity contribution is -0.384. The van der Waals surface area contributed by atoms with E-state index in [4.69, 9.17) is 9.47 Å². The number of nitrogens with zero attached hydrogens (tertiary/aromatic N) is 2. The fourth-order valence-corrected chi connectivity index (χ4v) is 5.81. The Morgan fingerprint density at radius 2 is 2.06 bits per heavy atom.